The topological polar surface area (TPSA) is 60.0 Å². The van der Waals surface area contributed by atoms with Crippen molar-refractivity contribution in [3.05, 3.63) is 88.0 Å². The predicted molar refractivity (Wildman–Crippen MR) is 136 cm³/mol. The van der Waals surface area contributed by atoms with Gasteiger partial charge in [0.2, 0.25) is 0 Å². The maximum absolute atomic E-state index is 13.0. The van der Waals surface area contributed by atoms with E-state index in [1.54, 1.807) is 44.6 Å². The van der Waals surface area contributed by atoms with E-state index in [9.17, 15) is 4.79 Å². The van der Waals surface area contributed by atoms with Crippen molar-refractivity contribution < 1.29 is 19.0 Å². The molecule has 0 atom stereocenters. The summed E-state index contributed by atoms with van der Waals surface area (Å²) in [6.45, 7) is 0.404. The van der Waals surface area contributed by atoms with Gasteiger partial charge in [0.25, 0.3) is 5.91 Å². The number of carbonyl (C=O) groups excluding carboxylic acids is 1. The molecule has 0 radical (unpaired) electrons. The number of nitrogens with one attached hydrogen (secondary N) is 1. The summed E-state index contributed by atoms with van der Waals surface area (Å²) in [6.07, 6.45) is 1.73. The van der Waals surface area contributed by atoms with Gasteiger partial charge in [-0.3, -0.25) is 9.69 Å². The summed E-state index contributed by atoms with van der Waals surface area (Å²) in [6, 6.07) is 20.7. The van der Waals surface area contributed by atoms with Gasteiger partial charge in [-0.25, -0.2) is 0 Å². The molecule has 0 saturated carbocycles. The molecule has 0 aromatic heterocycles. The van der Waals surface area contributed by atoms with Crippen molar-refractivity contribution in [3.63, 3.8) is 0 Å². The van der Waals surface area contributed by atoms with Crippen LogP contribution in [-0.4, -0.2) is 25.2 Å². The lowest BCUT2D eigenvalue weighted by Crippen LogP contribution is -2.30. The van der Waals surface area contributed by atoms with Crippen molar-refractivity contribution in [2.45, 2.75) is 6.61 Å². The van der Waals surface area contributed by atoms with E-state index in [0.29, 0.717) is 44.8 Å². The number of hydrogen-bond acceptors (Lipinski definition) is 5. The summed E-state index contributed by atoms with van der Waals surface area (Å²) in [4.78, 5) is 14.5. The van der Waals surface area contributed by atoms with E-state index in [1.165, 1.54) is 4.90 Å². The van der Waals surface area contributed by atoms with E-state index in [1.807, 2.05) is 42.5 Å². The molecule has 6 nitrogen and oxygen atoms in total. The molecule has 4 rings (SSSR count). The SMILES string of the molecule is COc1ccc(N2C(=O)/C(=C/c3cc(Br)c(OCc4ccccc4)c(OC)c3)NC2=S)cc1. The van der Waals surface area contributed by atoms with E-state index in [2.05, 4.69) is 21.2 Å². The van der Waals surface area contributed by atoms with Crippen LogP contribution in [0.3, 0.4) is 0 Å². The molecule has 33 heavy (non-hydrogen) atoms. The minimum absolute atomic E-state index is 0.246. The van der Waals surface area contributed by atoms with Crippen molar-refractivity contribution in [2.24, 2.45) is 0 Å². The van der Waals surface area contributed by atoms with Gasteiger partial charge in [-0.2, -0.15) is 0 Å². The first-order valence-corrected chi connectivity index (χ1v) is 11.3. The zero-order valence-electron chi connectivity index (χ0n) is 18.0. The van der Waals surface area contributed by atoms with Gasteiger partial charge in [0.05, 0.1) is 24.4 Å². The van der Waals surface area contributed by atoms with Gasteiger partial charge in [0.15, 0.2) is 16.6 Å². The Morgan fingerprint density at radius 2 is 1.76 bits per heavy atom. The summed E-state index contributed by atoms with van der Waals surface area (Å²) < 4.78 is 17.4. The summed E-state index contributed by atoms with van der Waals surface area (Å²) >= 11 is 8.96. The van der Waals surface area contributed by atoms with Crippen LogP contribution in [0.4, 0.5) is 5.69 Å². The minimum atomic E-state index is -0.246. The number of amides is 1. The Bertz CT molecular complexity index is 1210. The maximum Gasteiger partial charge on any atom is 0.281 e. The monoisotopic (exact) mass is 524 g/mol. The van der Waals surface area contributed by atoms with Crippen LogP contribution >= 0.6 is 28.1 Å². The van der Waals surface area contributed by atoms with Crippen LogP contribution in [0.1, 0.15) is 11.1 Å². The first kappa shape index (κ1) is 22.8. The maximum atomic E-state index is 13.0. The number of hydrogen-bond donors (Lipinski definition) is 1. The van der Waals surface area contributed by atoms with Crippen LogP contribution in [-0.2, 0) is 11.4 Å². The number of thiocarbonyl (C=S) groups is 1. The smallest absolute Gasteiger partial charge is 0.281 e. The second kappa shape index (κ2) is 10.1. The fourth-order valence-electron chi connectivity index (χ4n) is 3.36. The average molecular weight is 525 g/mol. The zero-order valence-corrected chi connectivity index (χ0v) is 20.4. The van der Waals surface area contributed by atoms with Crippen LogP contribution in [0.5, 0.6) is 17.2 Å². The molecule has 1 aliphatic heterocycles. The summed E-state index contributed by atoms with van der Waals surface area (Å²) in [5, 5.41) is 3.31. The van der Waals surface area contributed by atoms with Crippen molar-refractivity contribution in [1.82, 2.24) is 5.32 Å². The molecule has 0 aliphatic carbocycles. The number of benzene rings is 3. The largest absolute Gasteiger partial charge is 0.497 e. The average Bonchev–Trinajstić information content (AvgIpc) is 3.11. The Labute approximate surface area is 205 Å². The third-order valence-corrected chi connectivity index (χ3v) is 5.87. The Morgan fingerprint density at radius 1 is 1.03 bits per heavy atom. The number of halogens is 1. The molecule has 1 saturated heterocycles. The highest BCUT2D eigenvalue weighted by Crippen LogP contribution is 2.38. The normalized spacial score (nSPS) is 14.4. The van der Waals surface area contributed by atoms with Crippen LogP contribution in [0.15, 0.2) is 76.9 Å². The summed E-state index contributed by atoms with van der Waals surface area (Å²) in [5.74, 6) is 1.59. The molecule has 168 valence electrons. The number of anilines is 1. The van der Waals surface area contributed by atoms with Crippen LogP contribution in [0.2, 0.25) is 0 Å². The van der Waals surface area contributed by atoms with Gasteiger partial charge in [0, 0.05) is 0 Å². The third kappa shape index (κ3) is 5.02. The highest BCUT2D eigenvalue weighted by Gasteiger charge is 2.32. The van der Waals surface area contributed by atoms with Crippen molar-refractivity contribution in [2.75, 3.05) is 19.1 Å². The van der Waals surface area contributed by atoms with Gasteiger partial charge in [-0.15, -0.1) is 0 Å². The van der Waals surface area contributed by atoms with Crippen molar-refractivity contribution >= 4 is 50.9 Å². The number of ether oxygens (including phenoxy) is 3. The summed E-state index contributed by atoms with van der Waals surface area (Å²) in [5.41, 5.74) is 2.82. The first-order valence-electron chi connectivity index (χ1n) is 10.1. The van der Waals surface area contributed by atoms with Crippen molar-refractivity contribution in [1.29, 1.82) is 0 Å². The Balaban J connectivity index is 1.57. The lowest BCUT2D eigenvalue weighted by molar-refractivity contribution is -0.113. The number of carbonyl (C=O) groups is 1. The minimum Gasteiger partial charge on any atom is -0.497 e. The first-order chi connectivity index (χ1) is 16.0. The van der Waals surface area contributed by atoms with E-state index >= 15 is 0 Å². The van der Waals surface area contributed by atoms with E-state index in [0.717, 1.165) is 11.1 Å². The van der Waals surface area contributed by atoms with Crippen LogP contribution in [0, 0.1) is 0 Å². The molecule has 8 heteroatoms. The Kier molecular flexibility index (Phi) is 6.96. The molecule has 0 spiro atoms. The van der Waals surface area contributed by atoms with E-state index in [4.69, 9.17) is 26.4 Å². The van der Waals surface area contributed by atoms with Gasteiger partial charge in [0.1, 0.15) is 18.1 Å². The fourth-order valence-corrected chi connectivity index (χ4v) is 4.23. The molecule has 1 amide bonds. The van der Waals surface area contributed by atoms with Crippen LogP contribution in [0.25, 0.3) is 6.08 Å². The van der Waals surface area contributed by atoms with Gasteiger partial charge < -0.3 is 19.5 Å². The van der Waals surface area contributed by atoms with Gasteiger partial charge >= 0.3 is 0 Å². The van der Waals surface area contributed by atoms with E-state index in [-0.39, 0.29) is 5.91 Å². The van der Waals surface area contributed by atoms with Crippen LogP contribution < -0.4 is 24.4 Å². The molecule has 1 N–H and O–H groups in total. The van der Waals surface area contributed by atoms with Gasteiger partial charge in [-0.05, 0) is 81.7 Å². The van der Waals surface area contributed by atoms with E-state index < -0.39 is 0 Å². The Morgan fingerprint density at radius 3 is 2.42 bits per heavy atom. The molecule has 1 heterocycles. The quantitative estimate of drug-likeness (QED) is 0.334. The number of nitrogens with zero attached hydrogens (tertiary/aromatic N) is 1. The lowest BCUT2D eigenvalue weighted by Gasteiger charge is -2.14. The second-order valence-corrected chi connectivity index (χ2v) is 8.38. The molecule has 1 aliphatic rings. The molecular weight excluding hydrogens is 504 g/mol. The molecule has 3 aromatic rings. The fraction of sp³-hybridized carbons (Fsp3) is 0.120. The zero-order chi connectivity index (χ0) is 23.4. The van der Waals surface area contributed by atoms with Crippen molar-refractivity contribution in [3.8, 4) is 17.2 Å². The predicted octanol–water partition coefficient (Wildman–Crippen LogP) is 5.31. The van der Waals surface area contributed by atoms with Gasteiger partial charge in [-0.1, -0.05) is 30.3 Å². The lowest BCUT2D eigenvalue weighted by atomic mass is 10.1. The summed E-state index contributed by atoms with van der Waals surface area (Å²) in [7, 11) is 3.17. The third-order valence-electron chi connectivity index (χ3n) is 5.00. The molecule has 1 fully saturated rings. The molecule has 3 aromatic carbocycles. The number of methoxy groups -OCH3 is 2. The molecular formula is C25H21BrN2O4S. The molecule has 0 unspecified atom stereocenters. The highest BCUT2D eigenvalue weighted by atomic mass is 79.9. The highest BCUT2D eigenvalue weighted by molar-refractivity contribution is 9.10. The Hall–Kier alpha value is -3.36. The molecule has 0 bridgehead atoms. The standard InChI is InChI=1S/C25H21BrN2O4S/c1-30-19-10-8-18(9-11-19)28-24(29)21(27-25(28)33)13-17-12-20(26)23(22(14-17)31-2)32-15-16-6-4-3-5-7-16/h3-14H,15H2,1-2H3,(H,27,33)/b21-13-. The second-order valence-electron chi connectivity index (χ2n) is 7.14. The number of rotatable bonds is 7.